The number of carbonyl (C=O) groups excluding carboxylic acids is 2. The lowest BCUT2D eigenvalue weighted by molar-refractivity contribution is -0.142. The normalized spacial score (nSPS) is 10.5. The zero-order chi connectivity index (χ0) is 14.3. The van der Waals surface area contributed by atoms with Gasteiger partial charge >= 0.3 is 11.9 Å². The molecule has 0 spiro atoms. The maximum atomic E-state index is 13.9. The third-order valence-corrected chi connectivity index (χ3v) is 2.32. The molecule has 5 heteroatoms. The van der Waals surface area contributed by atoms with Crippen LogP contribution in [0.1, 0.15) is 29.3 Å². The molecule has 0 aromatic heterocycles. The highest BCUT2D eigenvalue weighted by atomic mass is 19.1. The molecule has 1 aromatic carbocycles. The van der Waals surface area contributed by atoms with Crippen LogP contribution < -0.4 is 0 Å². The van der Waals surface area contributed by atoms with E-state index in [1.165, 1.54) is 31.4 Å². The van der Waals surface area contributed by atoms with Crippen molar-refractivity contribution in [2.75, 3.05) is 13.7 Å². The van der Waals surface area contributed by atoms with Gasteiger partial charge in [0.25, 0.3) is 0 Å². The molecule has 0 heterocycles. The van der Waals surface area contributed by atoms with Crippen LogP contribution in [0, 0.1) is 5.82 Å². The minimum Gasteiger partial charge on any atom is -0.466 e. The molecular formula is C14H15FO4. The fourth-order valence-electron chi connectivity index (χ4n) is 1.45. The summed E-state index contributed by atoms with van der Waals surface area (Å²) in [5.41, 5.74) is 0.0768. The van der Waals surface area contributed by atoms with Crippen LogP contribution in [-0.2, 0) is 14.3 Å². The van der Waals surface area contributed by atoms with Crippen molar-refractivity contribution in [3.63, 3.8) is 0 Å². The molecular weight excluding hydrogens is 251 g/mol. The van der Waals surface area contributed by atoms with Crippen molar-refractivity contribution in [3.05, 3.63) is 41.2 Å². The van der Waals surface area contributed by atoms with E-state index in [2.05, 4.69) is 4.74 Å². The summed E-state index contributed by atoms with van der Waals surface area (Å²) in [5, 5.41) is 0. The maximum Gasteiger partial charge on any atom is 0.340 e. The van der Waals surface area contributed by atoms with Crippen LogP contribution in [0.4, 0.5) is 4.39 Å². The van der Waals surface area contributed by atoms with Gasteiger partial charge in [0.2, 0.25) is 0 Å². The summed E-state index contributed by atoms with van der Waals surface area (Å²) in [5.74, 6) is -1.80. The molecule has 1 aromatic rings. The lowest BCUT2D eigenvalue weighted by Crippen LogP contribution is -2.05. The van der Waals surface area contributed by atoms with Crippen LogP contribution in [0.3, 0.4) is 0 Å². The number of esters is 2. The standard InChI is InChI=1S/C14H15FO4/c1-3-19-12(16)9-5-7-10-6-4-8-11(13(10)15)14(17)18-2/h4-8H,3,9H2,1-2H3. The number of methoxy groups -OCH3 is 1. The molecule has 0 atom stereocenters. The quantitative estimate of drug-likeness (QED) is 0.769. The zero-order valence-corrected chi connectivity index (χ0v) is 10.8. The van der Waals surface area contributed by atoms with Crippen molar-refractivity contribution in [3.8, 4) is 0 Å². The van der Waals surface area contributed by atoms with Gasteiger partial charge in [-0.2, -0.15) is 0 Å². The van der Waals surface area contributed by atoms with E-state index >= 15 is 0 Å². The summed E-state index contributed by atoms with van der Waals surface area (Å²) >= 11 is 0. The van der Waals surface area contributed by atoms with Crippen LogP contribution in [0.5, 0.6) is 0 Å². The van der Waals surface area contributed by atoms with Gasteiger partial charge in [0, 0.05) is 5.56 Å². The smallest absolute Gasteiger partial charge is 0.340 e. The van der Waals surface area contributed by atoms with Crippen LogP contribution in [-0.4, -0.2) is 25.7 Å². The Morgan fingerprint density at radius 1 is 1.37 bits per heavy atom. The minimum atomic E-state index is -0.738. The fourth-order valence-corrected chi connectivity index (χ4v) is 1.45. The Bertz CT molecular complexity index is 494. The molecule has 19 heavy (non-hydrogen) atoms. The molecule has 0 aliphatic rings. The van der Waals surface area contributed by atoms with Crippen LogP contribution in [0.25, 0.3) is 6.08 Å². The molecule has 0 aliphatic carbocycles. The highest BCUT2D eigenvalue weighted by molar-refractivity contribution is 5.90. The monoisotopic (exact) mass is 266 g/mol. The molecule has 102 valence electrons. The first-order chi connectivity index (χ1) is 9.10. The fraction of sp³-hybridized carbons (Fsp3) is 0.286. The number of benzene rings is 1. The Hall–Kier alpha value is -2.17. The van der Waals surface area contributed by atoms with Crippen LogP contribution >= 0.6 is 0 Å². The molecule has 0 amide bonds. The van der Waals surface area contributed by atoms with Crippen molar-refractivity contribution in [2.45, 2.75) is 13.3 Å². The Kier molecular flexibility index (Phi) is 5.73. The number of rotatable bonds is 5. The van der Waals surface area contributed by atoms with Gasteiger partial charge in [0.15, 0.2) is 0 Å². The summed E-state index contributed by atoms with van der Waals surface area (Å²) in [6.45, 7) is 2.01. The number of hydrogen-bond donors (Lipinski definition) is 0. The van der Waals surface area contributed by atoms with E-state index in [4.69, 9.17) is 4.74 Å². The molecule has 0 N–H and O–H groups in total. The molecule has 0 unspecified atom stereocenters. The Labute approximate surface area is 110 Å². The number of ether oxygens (including phenoxy) is 2. The molecule has 0 fully saturated rings. The second-order valence-electron chi connectivity index (χ2n) is 3.61. The Balaban J connectivity index is 2.82. The average Bonchev–Trinajstić information content (AvgIpc) is 2.40. The molecule has 0 bridgehead atoms. The predicted molar refractivity (Wildman–Crippen MR) is 68.0 cm³/mol. The van der Waals surface area contributed by atoms with Gasteiger partial charge in [0.05, 0.1) is 25.7 Å². The van der Waals surface area contributed by atoms with E-state index in [0.717, 1.165) is 0 Å². The van der Waals surface area contributed by atoms with Crippen molar-refractivity contribution >= 4 is 18.0 Å². The van der Waals surface area contributed by atoms with Gasteiger partial charge in [-0.25, -0.2) is 9.18 Å². The van der Waals surface area contributed by atoms with Crippen molar-refractivity contribution in [1.29, 1.82) is 0 Å². The highest BCUT2D eigenvalue weighted by Crippen LogP contribution is 2.15. The van der Waals surface area contributed by atoms with Gasteiger partial charge in [0.1, 0.15) is 5.82 Å². The third kappa shape index (κ3) is 4.21. The SMILES string of the molecule is CCOC(=O)CC=Cc1cccc(C(=O)OC)c1F. The minimum absolute atomic E-state index is 0.0513. The van der Waals surface area contributed by atoms with Crippen LogP contribution in [0.15, 0.2) is 24.3 Å². The summed E-state index contributed by atoms with van der Waals surface area (Å²) in [6, 6.07) is 4.38. The molecule has 4 nitrogen and oxygen atoms in total. The van der Waals surface area contributed by atoms with Gasteiger partial charge in [-0.15, -0.1) is 0 Å². The Morgan fingerprint density at radius 3 is 2.74 bits per heavy atom. The Morgan fingerprint density at radius 2 is 2.11 bits per heavy atom. The second-order valence-corrected chi connectivity index (χ2v) is 3.61. The second kappa shape index (κ2) is 7.31. The molecule has 0 aliphatic heterocycles. The lowest BCUT2D eigenvalue weighted by atomic mass is 10.1. The molecule has 0 saturated carbocycles. The third-order valence-electron chi connectivity index (χ3n) is 2.32. The maximum absolute atomic E-state index is 13.9. The van der Waals surface area contributed by atoms with E-state index in [1.807, 2.05) is 0 Å². The van der Waals surface area contributed by atoms with Gasteiger partial charge < -0.3 is 9.47 Å². The van der Waals surface area contributed by atoms with Crippen molar-refractivity contribution in [2.24, 2.45) is 0 Å². The van der Waals surface area contributed by atoms with E-state index in [1.54, 1.807) is 13.0 Å². The summed E-state index contributed by atoms with van der Waals surface area (Å²) in [6.07, 6.45) is 2.96. The van der Waals surface area contributed by atoms with Gasteiger partial charge in [-0.3, -0.25) is 4.79 Å². The largest absolute Gasteiger partial charge is 0.466 e. The van der Waals surface area contributed by atoms with Gasteiger partial charge in [-0.05, 0) is 13.0 Å². The molecule has 1 rings (SSSR count). The first kappa shape index (κ1) is 14.9. The van der Waals surface area contributed by atoms with Gasteiger partial charge in [-0.1, -0.05) is 24.3 Å². The first-order valence-electron chi connectivity index (χ1n) is 5.79. The van der Waals surface area contributed by atoms with E-state index in [9.17, 15) is 14.0 Å². The van der Waals surface area contributed by atoms with E-state index in [-0.39, 0.29) is 23.5 Å². The van der Waals surface area contributed by atoms with Crippen molar-refractivity contribution < 1.29 is 23.5 Å². The predicted octanol–water partition coefficient (Wildman–Crippen LogP) is 2.58. The summed E-state index contributed by atoms with van der Waals surface area (Å²) < 4.78 is 23.1. The zero-order valence-electron chi connectivity index (χ0n) is 10.8. The number of halogens is 1. The average molecular weight is 266 g/mol. The molecule has 0 saturated heterocycles. The van der Waals surface area contributed by atoms with Crippen molar-refractivity contribution in [1.82, 2.24) is 0 Å². The van der Waals surface area contributed by atoms with Crippen LogP contribution in [0.2, 0.25) is 0 Å². The summed E-state index contributed by atoms with van der Waals surface area (Å²) in [4.78, 5) is 22.4. The summed E-state index contributed by atoms with van der Waals surface area (Å²) in [7, 11) is 1.19. The van der Waals surface area contributed by atoms with E-state index < -0.39 is 11.8 Å². The number of hydrogen-bond acceptors (Lipinski definition) is 4. The lowest BCUT2D eigenvalue weighted by Gasteiger charge is -2.03. The first-order valence-corrected chi connectivity index (χ1v) is 5.79. The molecule has 0 radical (unpaired) electrons. The van der Waals surface area contributed by atoms with E-state index in [0.29, 0.717) is 6.61 Å². The highest BCUT2D eigenvalue weighted by Gasteiger charge is 2.13. The number of carbonyl (C=O) groups is 2. The topological polar surface area (TPSA) is 52.6 Å².